The summed E-state index contributed by atoms with van der Waals surface area (Å²) in [6, 6.07) is 11.9. The number of hydrogen-bond acceptors (Lipinski definition) is 2. The number of carbonyl (C=O) groups excluding carboxylic acids is 1. The van der Waals surface area contributed by atoms with Gasteiger partial charge in [-0.15, -0.1) is 0 Å². The predicted molar refractivity (Wildman–Crippen MR) is 107 cm³/mol. The first kappa shape index (κ1) is 20.1. The van der Waals surface area contributed by atoms with E-state index in [0.717, 1.165) is 12.5 Å². The zero-order chi connectivity index (χ0) is 20.8. The normalized spacial score (nSPS) is 22.0. The molecule has 1 aliphatic carbocycles. The van der Waals surface area contributed by atoms with Gasteiger partial charge in [-0.3, -0.25) is 4.79 Å². The highest BCUT2D eigenvalue weighted by atomic mass is 35.5. The van der Waals surface area contributed by atoms with Crippen LogP contribution in [-0.4, -0.2) is 37.0 Å². The molecule has 2 fully saturated rings. The summed E-state index contributed by atoms with van der Waals surface area (Å²) >= 11 is 5.94. The molecule has 2 aliphatic rings. The third-order valence-electron chi connectivity index (χ3n) is 5.81. The van der Waals surface area contributed by atoms with E-state index in [9.17, 15) is 18.0 Å². The van der Waals surface area contributed by atoms with Crippen LogP contribution in [0.5, 0.6) is 0 Å². The Hall–Kier alpha value is -2.21. The molecular formula is C22H22ClF3N2O. The minimum atomic E-state index is -4.44. The molecule has 29 heavy (non-hydrogen) atoms. The van der Waals surface area contributed by atoms with Crippen molar-refractivity contribution < 1.29 is 18.0 Å². The molecule has 1 heterocycles. The van der Waals surface area contributed by atoms with Crippen molar-refractivity contribution in [2.45, 2.75) is 25.4 Å². The molecule has 0 aromatic heterocycles. The van der Waals surface area contributed by atoms with Crippen LogP contribution < -0.4 is 4.90 Å². The van der Waals surface area contributed by atoms with E-state index in [1.165, 1.54) is 23.3 Å². The quantitative estimate of drug-likeness (QED) is 0.685. The van der Waals surface area contributed by atoms with Gasteiger partial charge in [-0.25, -0.2) is 0 Å². The zero-order valence-corrected chi connectivity index (χ0v) is 16.8. The number of rotatable bonds is 3. The number of alkyl halides is 3. The molecular weight excluding hydrogens is 401 g/mol. The number of anilines is 1. The highest BCUT2D eigenvalue weighted by molar-refractivity contribution is 6.30. The Kier molecular flexibility index (Phi) is 5.23. The average Bonchev–Trinajstić information content (AvgIpc) is 3.48. The number of nitrogens with zero attached hydrogens (tertiary/aromatic N) is 2. The summed E-state index contributed by atoms with van der Waals surface area (Å²) in [5.74, 6) is 0.351. The van der Waals surface area contributed by atoms with E-state index >= 15 is 0 Å². The predicted octanol–water partition coefficient (Wildman–Crippen LogP) is 5.12. The number of hydrogen-bond donors (Lipinski definition) is 0. The lowest BCUT2D eigenvalue weighted by molar-refractivity contribution is -0.137. The minimum absolute atomic E-state index is 0.0128. The van der Waals surface area contributed by atoms with Crippen LogP contribution in [0.2, 0.25) is 5.02 Å². The third kappa shape index (κ3) is 4.22. The maximum Gasteiger partial charge on any atom is 0.418 e. The molecule has 3 nitrogen and oxygen atoms in total. The molecule has 1 saturated heterocycles. The molecule has 1 amide bonds. The first-order valence-corrected chi connectivity index (χ1v) is 10.1. The van der Waals surface area contributed by atoms with Gasteiger partial charge in [-0.2, -0.15) is 13.2 Å². The Morgan fingerprint density at radius 3 is 2.31 bits per heavy atom. The number of carbonyl (C=O) groups is 1. The highest BCUT2D eigenvalue weighted by Gasteiger charge is 2.46. The number of amides is 1. The lowest BCUT2D eigenvalue weighted by atomic mass is 10.1. The highest BCUT2D eigenvalue weighted by Crippen LogP contribution is 2.48. The fraction of sp³-hybridized carbons (Fsp3) is 0.409. The molecule has 2 aromatic carbocycles. The molecule has 7 heteroatoms. The van der Waals surface area contributed by atoms with Crippen LogP contribution in [0.1, 0.15) is 29.0 Å². The summed E-state index contributed by atoms with van der Waals surface area (Å²) in [4.78, 5) is 16.3. The molecule has 1 aliphatic heterocycles. The van der Waals surface area contributed by atoms with Gasteiger partial charge in [0.1, 0.15) is 0 Å². The van der Waals surface area contributed by atoms with Crippen molar-refractivity contribution in [3.05, 3.63) is 64.2 Å². The van der Waals surface area contributed by atoms with Crippen molar-refractivity contribution in [3.8, 4) is 0 Å². The SMILES string of the molecule is Cc1ccc([C@@H]2C[C@@H]2C(=O)N2CCN(c3cc(Cl)ccc3C(F)(F)F)CC2)cc1. The molecule has 4 rings (SSSR count). The van der Waals surface area contributed by atoms with E-state index in [0.29, 0.717) is 26.2 Å². The number of halogens is 4. The molecule has 2 atom stereocenters. The van der Waals surface area contributed by atoms with Crippen molar-refractivity contribution in [1.82, 2.24) is 4.90 Å². The van der Waals surface area contributed by atoms with E-state index < -0.39 is 11.7 Å². The largest absolute Gasteiger partial charge is 0.418 e. The van der Waals surface area contributed by atoms with E-state index in [-0.39, 0.29) is 28.5 Å². The van der Waals surface area contributed by atoms with E-state index in [1.807, 2.05) is 6.92 Å². The Balaban J connectivity index is 1.40. The van der Waals surface area contributed by atoms with Gasteiger partial charge in [0.15, 0.2) is 0 Å². The summed E-state index contributed by atoms with van der Waals surface area (Å²) in [7, 11) is 0. The molecule has 2 aromatic rings. The maximum atomic E-state index is 13.3. The van der Waals surface area contributed by atoms with Gasteiger partial charge in [0.05, 0.1) is 11.3 Å². The van der Waals surface area contributed by atoms with Gasteiger partial charge in [0.2, 0.25) is 5.91 Å². The minimum Gasteiger partial charge on any atom is -0.367 e. The van der Waals surface area contributed by atoms with Crippen LogP contribution in [0.3, 0.4) is 0 Å². The maximum absolute atomic E-state index is 13.3. The number of aryl methyl sites for hydroxylation is 1. The van der Waals surface area contributed by atoms with E-state index in [4.69, 9.17) is 11.6 Å². The second-order valence-electron chi connectivity index (χ2n) is 7.83. The molecule has 154 valence electrons. The second kappa shape index (κ2) is 7.56. The van der Waals surface area contributed by atoms with Gasteiger partial charge in [-0.1, -0.05) is 41.4 Å². The fourth-order valence-electron chi connectivity index (χ4n) is 4.06. The molecule has 0 bridgehead atoms. The van der Waals surface area contributed by atoms with Crippen LogP contribution in [0.25, 0.3) is 0 Å². The summed E-state index contributed by atoms with van der Waals surface area (Å²) in [6.45, 7) is 3.58. The zero-order valence-electron chi connectivity index (χ0n) is 16.0. The summed E-state index contributed by atoms with van der Waals surface area (Å²) in [6.07, 6.45) is -3.60. The first-order chi connectivity index (χ1) is 13.7. The fourth-order valence-corrected chi connectivity index (χ4v) is 4.22. The van der Waals surface area contributed by atoms with Crippen molar-refractivity contribution in [3.63, 3.8) is 0 Å². The molecule has 1 saturated carbocycles. The first-order valence-electron chi connectivity index (χ1n) is 9.71. The molecule has 0 unspecified atom stereocenters. The van der Waals surface area contributed by atoms with Gasteiger partial charge in [0, 0.05) is 37.1 Å². The molecule has 0 N–H and O–H groups in total. The number of piperazine rings is 1. The Morgan fingerprint density at radius 2 is 1.69 bits per heavy atom. The van der Waals surface area contributed by atoms with E-state index in [2.05, 4.69) is 24.3 Å². The van der Waals surface area contributed by atoms with Crippen molar-refractivity contribution in [1.29, 1.82) is 0 Å². The van der Waals surface area contributed by atoms with E-state index in [1.54, 1.807) is 9.80 Å². The molecule has 0 radical (unpaired) electrons. The molecule has 0 spiro atoms. The Morgan fingerprint density at radius 1 is 1.03 bits per heavy atom. The smallest absolute Gasteiger partial charge is 0.367 e. The Labute approximate surface area is 173 Å². The van der Waals surface area contributed by atoms with Gasteiger partial charge < -0.3 is 9.80 Å². The summed E-state index contributed by atoms with van der Waals surface area (Å²) in [5, 5.41) is 0.269. The Bertz CT molecular complexity index is 905. The monoisotopic (exact) mass is 422 g/mol. The standard InChI is InChI=1S/C22H22ClF3N2O/c1-14-2-4-15(5-3-14)17-13-18(17)21(29)28-10-8-27(9-11-28)20-12-16(23)6-7-19(20)22(24,25)26/h2-7,12,17-18H,8-11,13H2,1H3/t17-,18-/m0/s1. The average molecular weight is 423 g/mol. The van der Waals surface area contributed by atoms with Gasteiger partial charge >= 0.3 is 6.18 Å². The van der Waals surface area contributed by atoms with Crippen molar-refractivity contribution in [2.75, 3.05) is 31.1 Å². The lowest BCUT2D eigenvalue weighted by Crippen LogP contribution is -2.49. The summed E-state index contributed by atoms with van der Waals surface area (Å²) < 4.78 is 40.0. The number of benzene rings is 2. The lowest BCUT2D eigenvalue weighted by Gasteiger charge is -2.37. The van der Waals surface area contributed by atoms with Gasteiger partial charge in [-0.05, 0) is 43.0 Å². The third-order valence-corrected chi connectivity index (χ3v) is 6.05. The van der Waals surface area contributed by atoms with Crippen LogP contribution >= 0.6 is 11.6 Å². The van der Waals surface area contributed by atoms with Gasteiger partial charge in [0.25, 0.3) is 0 Å². The van der Waals surface area contributed by atoms with Crippen LogP contribution in [0.4, 0.5) is 18.9 Å². The van der Waals surface area contributed by atoms with Crippen LogP contribution in [-0.2, 0) is 11.0 Å². The topological polar surface area (TPSA) is 23.6 Å². The van der Waals surface area contributed by atoms with Crippen molar-refractivity contribution in [2.24, 2.45) is 5.92 Å². The van der Waals surface area contributed by atoms with Crippen LogP contribution in [0.15, 0.2) is 42.5 Å². The summed E-state index contributed by atoms with van der Waals surface area (Å²) in [5.41, 5.74) is 1.76. The second-order valence-corrected chi connectivity index (χ2v) is 8.27. The van der Waals surface area contributed by atoms with Crippen LogP contribution in [0, 0.1) is 12.8 Å². The van der Waals surface area contributed by atoms with Crippen molar-refractivity contribution >= 4 is 23.2 Å².